The number of aryl methyl sites for hydroxylation is 1. The van der Waals surface area contributed by atoms with E-state index in [-0.39, 0.29) is 5.97 Å². The summed E-state index contributed by atoms with van der Waals surface area (Å²) in [5, 5.41) is 0. The largest absolute Gasteiger partial charge is 0.489 e. The van der Waals surface area contributed by atoms with E-state index in [2.05, 4.69) is 0 Å². The molecule has 0 atom stereocenters. The summed E-state index contributed by atoms with van der Waals surface area (Å²) in [6, 6.07) is 16.1. The van der Waals surface area contributed by atoms with Crippen molar-refractivity contribution in [3.8, 4) is 5.75 Å². The van der Waals surface area contributed by atoms with Gasteiger partial charge in [-0.3, -0.25) is 4.79 Å². The van der Waals surface area contributed by atoms with Gasteiger partial charge in [-0.1, -0.05) is 56.3 Å². The number of methoxy groups -OCH3 is 1. The van der Waals surface area contributed by atoms with Crippen molar-refractivity contribution in [2.75, 3.05) is 7.11 Å². The fourth-order valence-corrected chi connectivity index (χ4v) is 3.10. The number of benzene rings is 2. The number of carbonyl (C=O) groups is 1. The number of hydrogen-bond donors (Lipinski definition) is 0. The van der Waals surface area contributed by atoms with Gasteiger partial charge in [-0.15, -0.1) is 0 Å². The predicted octanol–water partition coefficient (Wildman–Crippen LogP) is 4.80. The van der Waals surface area contributed by atoms with Crippen molar-refractivity contribution >= 4 is 5.97 Å². The Labute approximate surface area is 144 Å². The van der Waals surface area contributed by atoms with Crippen LogP contribution in [0.5, 0.6) is 5.75 Å². The molecule has 0 fully saturated rings. The summed E-state index contributed by atoms with van der Waals surface area (Å²) in [7, 11) is 1.45. The molecule has 0 N–H and O–H groups in total. The Bertz CT molecular complexity index is 673. The molecule has 0 radical (unpaired) electrons. The standard InChI is InChI=1S/C21H26O3/c1-5-21(6-2,20(22)23-4)18-12-13-19(16(3)14-18)24-15-17-10-8-7-9-11-17/h7-14H,5-6,15H2,1-4H3. The Kier molecular flexibility index (Phi) is 6.02. The fourth-order valence-electron chi connectivity index (χ4n) is 3.10. The van der Waals surface area contributed by atoms with E-state index in [1.807, 2.05) is 69.3 Å². The van der Waals surface area contributed by atoms with E-state index >= 15 is 0 Å². The van der Waals surface area contributed by atoms with E-state index in [0.29, 0.717) is 19.4 Å². The third-order valence-corrected chi connectivity index (χ3v) is 4.75. The van der Waals surface area contributed by atoms with Gasteiger partial charge in [-0.2, -0.15) is 0 Å². The van der Waals surface area contributed by atoms with E-state index in [0.717, 1.165) is 22.4 Å². The Hall–Kier alpha value is -2.29. The highest BCUT2D eigenvalue weighted by Gasteiger charge is 2.38. The van der Waals surface area contributed by atoms with Crippen molar-refractivity contribution in [2.24, 2.45) is 0 Å². The van der Waals surface area contributed by atoms with Crippen LogP contribution in [0, 0.1) is 6.92 Å². The lowest BCUT2D eigenvalue weighted by Crippen LogP contribution is -2.35. The first-order chi connectivity index (χ1) is 11.6. The molecule has 0 saturated heterocycles. The number of carbonyl (C=O) groups excluding carboxylic acids is 1. The highest BCUT2D eigenvalue weighted by atomic mass is 16.5. The number of hydrogen-bond acceptors (Lipinski definition) is 3. The van der Waals surface area contributed by atoms with Gasteiger partial charge >= 0.3 is 5.97 Å². The molecule has 3 nitrogen and oxygen atoms in total. The van der Waals surface area contributed by atoms with Crippen molar-refractivity contribution in [1.82, 2.24) is 0 Å². The molecule has 2 aromatic carbocycles. The summed E-state index contributed by atoms with van der Waals surface area (Å²) in [4.78, 5) is 12.3. The van der Waals surface area contributed by atoms with Crippen LogP contribution in [0.1, 0.15) is 43.4 Å². The summed E-state index contributed by atoms with van der Waals surface area (Å²) in [5.41, 5.74) is 2.56. The second-order valence-corrected chi connectivity index (χ2v) is 6.04. The molecule has 0 aliphatic rings. The van der Waals surface area contributed by atoms with Crippen molar-refractivity contribution in [1.29, 1.82) is 0 Å². The quantitative estimate of drug-likeness (QED) is 0.685. The molecule has 0 heterocycles. The lowest BCUT2D eigenvalue weighted by atomic mass is 9.75. The van der Waals surface area contributed by atoms with Crippen LogP contribution in [0.25, 0.3) is 0 Å². The first-order valence-electron chi connectivity index (χ1n) is 8.43. The smallest absolute Gasteiger partial charge is 0.316 e. The Balaban J connectivity index is 2.23. The van der Waals surface area contributed by atoms with Gasteiger partial charge in [-0.05, 0) is 42.5 Å². The minimum Gasteiger partial charge on any atom is -0.489 e. The summed E-state index contributed by atoms with van der Waals surface area (Å²) >= 11 is 0. The van der Waals surface area contributed by atoms with E-state index in [9.17, 15) is 4.79 Å². The first kappa shape index (κ1) is 18.1. The molecule has 3 heteroatoms. The van der Waals surface area contributed by atoms with Gasteiger partial charge in [-0.25, -0.2) is 0 Å². The van der Waals surface area contributed by atoms with Gasteiger partial charge in [0.15, 0.2) is 0 Å². The average Bonchev–Trinajstić information content (AvgIpc) is 2.63. The van der Waals surface area contributed by atoms with Gasteiger partial charge < -0.3 is 9.47 Å². The molecule has 0 bridgehead atoms. The van der Waals surface area contributed by atoms with Gasteiger partial charge in [0.1, 0.15) is 12.4 Å². The minimum atomic E-state index is -0.586. The zero-order valence-corrected chi connectivity index (χ0v) is 15.0. The highest BCUT2D eigenvalue weighted by Crippen LogP contribution is 2.35. The van der Waals surface area contributed by atoms with Crippen molar-refractivity contribution in [2.45, 2.75) is 45.6 Å². The molecule has 0 aliphatic heterocycles. The number of ether oxygens (including phenoxy) is 2. The van der Waals surface area contributed by atoms with Gasteiger partial charge in [0.05, 0.1) is 12.5 Å². The van der Waals surface area contributed by atoms with Crippen molar-refractivity contribution < 1.29 is 14.3 Å². The molecular formula is C21H26O3. The van der Waals surface area contributed by atoms with Crippen LogP contribution in [0.2, 0.25) is 0 Å². The van der Waals surface area contributed by atoms with E-state index in [1.54, 1.807) is 0 Å². The third kappa shape index (κ3) is 3.61. The lowest BCUT2D eigenvalue weighted by molar-refractivity contribution is -0.148. The molecule has 0 spiro atoms. The minimum absolute atomic E-state index is 0.176. The van der Waals surface area contributed by atoms with Gasteiger partial charge in [0.2, 0.25) is 0 Å². The molecule has 2 aromatic rings. The average molecular weight is 326 g/mol. The van der Waals surface area contributed by atoms with Crippen LogP contribution < -0.4 is 4.74 Å². The fraction of sp³-hybridized carbons (Fsp3) is 0.381. The summed E-state index contributed by atoms with van der Waals surface area (Å²) in [5.74, 6) is 0.665. The predicted molar refractivity (Wildman–Crippen MR) is 96.2 cm³/mol. The maximum atomic E-state index is 12.3. The summed E-state index contributed by atoms with van der Waals surface area (Å²) in [6.07, 6.45) is 1.42. The molecule has 0 aromatic heterocycles. The molecule has 24 heavy (non-hydrogen) atoms. The van der Waals surface area contributed by atoms with Crippen molar-refractivity contribution in [3.63, 3.8) is 0 Å². The Morgan fingerprint density at radius 3 is 2.25 bits per heavy atom. The van der Waals surface area contributed by atoms with Gasteiger partial charge in [0.25, 0.3) is 0 Å². The maximum absolute atomic E-state index is 12.3. The van der Waals surface area contributed by atoms with E-state index < -0.39 is 5.41 Å². The third-order valence-electron chi connectivity index (χ3n) is 4.75. The second-order valence-electron chi connectivity index (χ2n) is 6.04. The van der Waals surface area contributed by atoms with Crippen LogP contribution in [-0.4, -0.2) is 13.1 Å². The lowest BCUT2D eigenvalue weighted by Gasteiger charge is -2.29. The zero-order chi connectivity index (χ0) is 17.6. The molecule has 0 amide bonds. The zero-order valence-electron chi connectivity index (χ0n) is 15.0. The summed E-state index contributed by atoms with van der Waals surface area (Å²) in [6.45, 7) is 6.59. The second kappa shape index (κ2) is 8.00. The van der Waals surface area contributed by atoms with E-state index in [1.165, 1.54) is 7.11 Å². The van der Waals surface area contributed by atoms with Crippen LogP contribution in [-0.2, 0) is 21.6 Å². The van der Waals surface area contributed by atoms with Crippen LogP contribution >= 0.6 is 0 Å². The highest BCUT2D eigenvalue weighted by molar-refractivity contribution is 5.83. The van der Waals surface area contributed by atoms with Crippen molar-refractivity contribution in [3.05, 3.63) is 65.2 Å². The van der Waals surface area contributed by atoms with Crippen LogP contribution in [0.15, 0.2) is 48.5 Å². The number of rotatable bonds is 7. The van der Waals surface area contributed by atoms with Crippen LogP contribution in [0.3, 0.4) is 0 Å². The molecule has 0 saturated carbocycles. The van der Waals surface area contributed by atoms with E-state index in [4.69, 9.17) is 9.47 Å². The SMILES string of the molecule is CCC(CC)(C(=O)OC)c1ccc(OCc2ccccc2)c(C)c1. The Morgan fingerprint density at radius 2 is 1.71 bits per heavy atom. The molecule has 128 valence electrons. The Morgan fingerprint density at radius 1 is 1.04 bits per heavy atom. The topological polar surface area (TPSA) is 35.5 Å². The molecule has 2 rings (SSSR count). The van der Waals surface area contributed by atoms with Crippen LogP contribution in [0.4, 0.5) is 0 Å². The normalized spacial score (nSPS) is 11.2. The molecule has 0 aliphatic carbocycles. The van der Waals surface area contributed by atoms with Gasteiger partial charge in [0, 0.05) is 0 Å². The number of esters is 1. The first-order valence-corrected chi connectivity index (χ1v) is 8.43. The molecule has 0 unspecified atom stereocenters. The summed E-state index contributed by atoms with van der Waals surface area (Å²) < 4.78 is 11.0. The monoisotopic (exact) mass is 326 g/mol. The molecular weight excluding hydrogens is 300 g/mol. The maximum Gasteiger partial charge on any atom is 0.316 e.